The van der Waals surface area contributed by atoms with Gasteiger partial charge in [0, 0.05) is 24.0 Å². The number of benzene rings is 1. The first-order valence-corrected chi connectivity index (χ1v) is 6.94. The van der Waals surface area contributed by atoms with Gasteiger partial charge in [0.15, 0.2) is 0 Å². The second kappa shape index (κ2) is 8.25. The lowest BCUT2D eigenvalue weighted by Crippen LogP contribution is -2.11. The maximum Gasteiger partial charge on any atom is 0.224 e. The van der Waals surface area contributed by atoms with Gasteiger partial charge < -0.3 is 10.4 Å². The van der Waals surface area contributed by atoms with Crippen molar-refractivity contribution in [1.29, 1.82) is 0 Å². The standard InChI is InChI=1S/C13H18BrNO2/c14-9-2-1-3-13(17)15-12-6-4-11(5-7-12)8-10-16/h4-7,16H,1-3,8-10H2,(H,15,17). The maximum atomic E-state index is 11.5. The summed E-state index contributed by atoms with van der Waals surface area (Å²) in [4.78, 5) is 11.5. The Kier molecular flexibility index (Phi) is 6.89. The Balaban J connectivity index is 2.37. The number of aliphatic hydroxyl groups excluding tert-OH is 1. The number of anilines is 1. The van der Waals surface area contributed by atoms with Crippen molar-refractivity contribution in [2.45, 2.75) is 25.7 Å². The van der Waals surface area contributed by atoms with Crippen molar-refractivity contribution < 1.29 is 9.90 Å². The predicted molar refractivity (Wildman–Crippen MR) is 73.5 cm³/mol. The van der Waals surface area contributed by atoms with E-state index in [-0.39, 0.29) is 12.5 Å². The number of halogens is 1. The molecule has 1 rings (SSSR count). The van der Waals surface area contributed by atoms with Gasteiger partial charge in [-0.2, -0.15) is 0 Å². The minimum Gasteiger partial charge on any atom is -0.396 e. The number of nitrogens with one attached hydrogen (secondary N) is 1. The van der Waals surface area contributed by atoms with E-state index in [1.165, 1.54) is 0 Å². The molecule has 17 heavy (non-hydrogen) atoms. The molecule has 0 aliphatic heterocycles. The van der Waals surface area contributed by atoms with Crippen LogP contribution < -0.4 is 5.32 Å². The quantitative estimate of drug-likeness (QED) is 0.601. The number of unbranched alkanes of at least 4 members (excludes halogenated alkanes) is 1. The zero-order chi connectivity index (χ0) is 12.5. The van der Waals surface area contributed by atoms with Crippen molar-refractivity contribution >= 4 is 27.5 Å². The summed E-state index contributed by atoms with van der Waals surface area (Å²) in [6.07, 6.45) is 3.13. The van der Waals surface area contributed by atoms with Crippen LogP contribution in [0.2, 0.25) is 0 Å². The van der Waals surface area contributed by atoms with E-state index in [0.29, 0.717) is 12.8 Å². The van der Waals surface area contributed by atoms with Crippen molar-refractivity contribution in [2.24, 2.45) is 0 Å². The molecule has 0 aromatic heterocycles. The van der Waals surface area contributed by atoms with E-state index in [0.717, 1.165) is 29.4 Å². The minimum absolute atomic E-state index is 0.0564. The number of aliphatic hydroxyl groups is 1. The Morgan fingerprint density at radius 3 is 2.53 bits per heavy atom. The van der Waals surface area contributed by atoms with Crippen LogP contribution in [0.3, 0.4) is 0 Å². The fourth-order valence-corrected chi connectivity index (χ4v) is 1.88. The third-order valence-corrected chi connectivity index (χ3v) is 2.99. The molecule has 0 saturated heterocycles. The van der Waals surface area contributed by atoms with Crippen LogP contribution in [-0.2, 0) is 11.2 Å². The molecule has 0 saturated carbocycles. The van der Waals surface area contributed by atoms with E-state index < -0.39 is 0 Å². The van der Waals surface area contributed by atoms with E-state index in [9.17, 15) is 4.79 Å². The highest BCUT2D eigenvalue weighted by Gasteiger charge is 2.01. The monoisotopic (exact) mass is 299 g/mol. The molecular weight excluding hydrogens is 282 g/mol. The number of rotatable bonds is 7. The number of carbonyl (C=O) groups is 1. The van der Waals surface area contributed by atoms with Crippen molar-refractivity contribution in [3.8, 4) is 0 Å². The smallest absolute Gasteiger partial charge is 0.224 e. The lowest BCUT2D eigenvalue weighted by molar-refractivity contribution is -0.116. The van der Waals surface area contributed by atoms with Crippen LogP contribution in [0.4, 0.5) is 5.69 Å². The summed E-state index contributed by atoms with van der Waals surface area (Å²) >= 11 is 3.34. The lowest BCUT2D eigenvalue weighted by Gasteiger charge is -2.05. The molecule has 4 heteroatoms. The summed E-state index contributed by atoms with van der Waals surface area (Å²) < 4.78 is 0. The Bertz CT molecular complexity index is 338. The number of alkyl halides is 1. The summed E-state index contributed by atoms with van der Waals surface area (Å²) in [5.41, 5.74) is 1.89. The lowest BCUT2D eigenvalue weighted by atomic mass is 10.1. The van der Waals surface area contributed by atoms with Crippen molar-refractivity contribution in [1.82, 2.24) is 0 Å². The summed E-state index contributed by atoms with van der Waals surface area (Å²) in [6, 6.07) is 7.58. The Morgan fingerprint density at radius 2 is 1.94 bits per heavy atom. The maximum absolute atomic E-state index is 11.5. The normalized spacial score (nSPS) is 10.2. The highest BCUT2D eigenvalue weighted by molar-refractivity contribution is 9.09. The molecule has 0 spiro atoms. The van der Waals surface area contributed by atoms with E-state index in [4.69, 9.17) is 5.11 Å². The van der Waals surface area contributed by atoms with Gasteiger partial charge in [-0.1, -0.05) is 28.1 Å². The fraction of sp³-hybridized carbons (Fsp3) is 0.462. The predicted octanol–water partition coefficient (Wildman–Crippen LogP) is 2.73. The third-order valence-electron chi connectivity index (χ3n) is 2.43. The van der Waals surface area contributed by atoms with Crippen LogP contribution in [0.15, 0.2) is 24.3 Å². The highest BCUT2D eigenvalue weighted by atomic mass is 79.9. The molecule has 0 radical (unpaired) electrons. The van der Waals surface area contributed by atoms with Crippen molar-refractivity contribution in [3.05, 3.63) is 29.8 Å². The van der Waals surface area contributed by atoms with Crippen molar-refractivity contribution in [2.75, 3.05) is 17.3 Å². The van der Waals surface area contributed by atoms with Gasteiger partial charge in [-0.3, -0.25) is 4.79 Å². The molecule has 94 valence electrons. The summed E-state index contributed by atoms with van der Waals surface area (Å²) in [7, 11) is 0. The van der Waals surface area contributed by atoms with Crippen LogP contribution in [0.5, 0.6) is 0 Å². The number of amides is 1. The van der Waals surface area contributed by atoms with Crippen LogP contribution in [-0.4, -0.2) is 23.0 Å². The highest BCUT2D eigenvalue weighted by Crippen LogP contribution is 2.11. The average Bonchev–Trinajstić information content (AvgIpc) is 2.32. The van der Waals surface area contributed by atoms with E-state index >= 15 is 0 Å². The first kappa shape index (κ1) is 14.2. The van der Waals surface area contributed by atoms with Gasteiger partial charge in [-0.25, -0.2) is 0 Å². The second-order valence-electron chi connectivity index (χ2n) is 3.86. The Hall–Kier alpha value is -0.870. The van der Waals surface area contributed by atoms with Gasteiger partial charge in [0.05, 0.1) is 0 Å². The van der Waals surface area contributed by atoms with Gasteiger partial charge in [0.1, 0.15) is 0 Å². The van der Waals surface area contributed by atoms with Gasteiger partial charge >= 0.3 is 0 Å². The molecule has 3 nitrogen and oxygen atoms in total. The molecule has 0 unspecified atom stereocenters. The number of carbonyl (C=O) groups excluding carboxylic acids is 1. The summed E-state index contributed by atoms with van der Waals surface area (Å²) in [5.74, 6) is 0.0564. The molecule has 1 aromatic rings. The zero-order valence-electron chi connectivity index (χ0n) is 9.79. The first-order chi connectivity index (χ1) is 8.26. The average molecular weight is 300 g/mol. The molecule has 0 aliphatic rings. The van der Waals surface area contributed by atoms with Crippen LogP contribution >= 0.6 is 15.9 Å². The molecule has 1 aromatic carbocycles. The molecule has 2 N–H and O–H groups in total. The molecule has 0 atom stereocenters. The minimum atomic E-state index is 0.0564. The van der Waals surface area contributed by atoms with Crippen LogP contribution in [0.25, 0.3) is 0 Å². The topological polar surface area (TPSA) is 49.3 Å². The Labute approximate surface area is 110 Å². The Morgan fingerprint density at radius 1 is 1.24 bits per heavy atom. The van der Waals surface area contributed by atoms with Gasteiger partial charge in [-0.05, 0) is 37.0 Å². The number of hydrogen-bond acceptors (Lipinski definition) is 2. The van der Waals surface area contributed by atoms with Gasteiger partial charge in [-0.15, -0.1) is 0 Å². The number of hydrogen-bond donors (Lipinski definition) is 2. The van der Waals surface area contributed by atoms with Gasteiger partial charge in [0.25, 0.3) is 0 Å². The molecule has 0 heterocycles. The fourth-order valence-electron chi connectivity index (χ4n) is 1.49. The summed E-state index contributed by atoms with van der Waals surface area (Å²) in [5, 5.41) is 12.6. The second-order valence-corrected chi connectivity index (χ2v) is 4.66. The third kappa shape index (κ3) is 5.84. The molecule has 0 aliphatic carbocycles. The molecule has 1 amide bonds. The van der Waals surface area contributed by atoms with E-state index in [1.54, 1.807) is 0 Å². The molecule has 0 fully saturated rings. The largest absolute Gasteiger partial charge is 0.396 e. The van der Waals surface area contributed by atoms with Crippen molar-refractivity contribution in [3.63, 3.8) is 0 Å². The zero-order valence-corrected chi connectivity index (χ0v) is 11.4. The molecular formula is C13H18BrNO2. The van der Waals surface area contributed by atoms with Crippen LogP contribution in [0, 0.1) is 0 Å². The van der Waals surface area contributed by atoms with Gasteiger partial charge in [0.2, 0.25) is 5.91 Å². The first-order valence-electron chi connectivity index (χ1n) is 5.82. The SMILES string of the molecule is O=C(CCCCBr)Nc1ccc(CCO)cc1. The van der Waals surface area contributed by atoms with E-state index in [1.807, 2.05) is 24.3 Å². The molecule has 0 bridgehead atoms. The van der Waals surface area contributed by atoms with Crippen LogP contribution in [0.1, 0.15) is 24.8 Å². The van der Waals surface area contributed by atoms with E-state index in [2.05, 4.69) is 21.2 Å². The summed E-state index contributed by atoms with van der Waals surface area (Å²) in [6.45, 7) is 0.151.